The van der Waals surface area contributed by atoms with Gasteiger partial charge in [0, 0.05) is 26.2 Å². The third-order valence-electron chi connectivity index (χ3n) is 3.57. The second-order valence-electron chi connectivity index (χ2n) is 5.19. The van der Waals surface area contributed by atoms with E-state index in [0.717, 1.165) is 12.8 Å². The molecule has 0 bridgehead atoms. The monoisotopic (exact) mass is 272 g/mol. The molecule has 0 spiro atoms. The Labute approximate surface area is 114 Å². The normalized spacial score (nSPS) is 17.6. The number of hydrogen-bond acceptors (Lipinski definition) is 3. The Morgan fingerprint density at radius 1 is 1.42 bits per heavy atom. The zero-order valence-electron chi connectivity index (χ0n) is 11.9. The molecule has 0 heterocycles. The zero-order chi connectivity index (χ0) is 14.4. The van der Waals surface area contributed by atoms with Crippen LogP contribution in [0.4, 0.5) is 4.79 Å². The van der Waals surface area contributed by atoms with Crippen LogP contribution in [0.5, 0.6) is 0 Å². The second kappa shape index (κ2) is 7.33. The van der Waals surface area contributed by atoms with Crippen molar-refractivity contribution < 1.29 is 19.4 Å². The van der Waals surface area contributed by atoms with Crippen LogP contribution in [0.3, 0.4) is 0 Å². The molecular weight excluding hydrogens is 248 g/mol. The Morgan fingerprint density at radius 2 is 2.05 bits per heavy atom. The summed E-state index contributed by atoms with van der Waals surface area (Å²) in [5, 5.41) is 11.5. The molecule has 6 heteroatoms. The number of ether oxygens (including phenoxy) is 1. The molecule has 2 atom stereocenters. The molecule has 1 fully saturated rings. The minimum absolute atomic E-state index is 0.148. The fourth-order valence-electron chi connectivity index (χ4n) is 1.94. The molecule has 2 amide bonds. The van der Waals surface area contributed by atoms with Crippen LogP contribution in [0.1, 0.15) is 26.7 Å². The standard InChI is InChI=1S/C13H24N2O4/c1-9(12(16)17)8-14-13(18)15(6-7-19-3)10(2)11-4-5-11/h9-11H,4-8H2,1-3H3,(H,14,18)(H,16,17). The Kier molecular flexibility index (Phi) is 6.08. The number of amides is 2. The Balaban J connectivity index is 2.48. The lowest BCUT2D eigenvalue weighted by Crippen LogP contribution is -2.48. The summed E-state index contributed by atoms with van der Waals surface area (Å²) in [5.74, 6) is -0.914. The van der Waals surface area contributed by atoms with Gasteiger partial charge in [-0.25, -0.2) is 4.79 Å². The first-order valence-corrected chi connectivity index (χ1v) is 6.73. The van der Waals surface area contributed by atoms with Gasteiger partial charge in [0.15, 0.2) is 0 Å². The fourth-order valence-corrected chi connectivity index (χ4v) is 1.94. The van der Waals surface area contributed by atoms with Crippen LogP contribution in [0.2, 0.25) is 0 Å². The van der Waals surface area contributed by atoms with Crippen LogP contribution in [0.25, 0.3) is 0 Å². The summed E-state index contributed by atoms with van der Waals surface area (Å²) < 4.78 is 5.02. The quantitative estimate of drug-likeness (QED) is 0.695. The number of nitrogens with one attached hydrogen (secondary N) is 1. The number of carbonyl (C=O) groups is 2. The molecule has 0 aromatic rings. The maximum Gasteiger partial charge on any atom is 0.317 e. The van der Waals surface area contributed by atoms with Gasteiger partial charge < -0.3 is 20.1 Å². The summed E-state index contributed by atoms with van der Waals surface area (Å²) in [4.78, 5) is 24.6. The Bertz CT molecular complexity index is 318. The molecule has 0 aromatic carbocycles. The lowest BCUT2D eigenvalue weighted by molar-refractivity contribution is -0.140. The average molecular weight is 272 g/mol. The van der Waals surface area contributed by atoms with E-state index >= 15 is 0 Å². The van der Waals surface area contributed by atoms with E-state index < -0.39 is 11.9 Å². The number of nitrogens with zero attached hydrogens (tertiary/aromatic N) is 1. The van der Waals surface area contributed by atoms with Gasteiger partial charge in [0.05, 0.1) is 12.5 Å². The maximum atomic E-state index is 12.1. The predicted octanol–water partition coefficient (Wildman–Crippen LogP) is 1.16. The van der Waals surface area contributed by atoms with Crippen molar-refractivity contribution >= 4 is 12.0 Å². The zero-order valence-corrected chi connectivity index (χ0v) is 11.9. The summed E-state index contributed by atoms with van der Waals surface area (Å²) in [6, 6.07) is -0.0279. The highest BCUT2D eigenvalue weighted by Gasteiger charge is 2.34. The van der Waals surface area contributed by atoms with Gasteiger partial charge in [-0.15, -0.1) is 0 Å². The highest BCUT2D eigenvalue weighted by atomic mass is 16.5. The van der Waals surface area contributed by atoms with Gasteiger partial charge in [-0.1, -0.05) is 6.92 Å². The summed E-state index contributed by atoms with van der Waals surface area (Å²) in [6.45, 7) is 4.77. The maximum absolute atomic E-state index is 12.1. The molecule has 2 N–H and O–H groups in total. The van der Waals surface area contributed by atoms with Crippen LogP contribution in [0.15, 0.2) is 0 Å². The van der Waals surface area contributed by atoms with Crippen molar-refractivity contribution in [1.29, 1.82) is 0 Å². The minimum atomic E-state index is -0.904. The molecule has 1 aliphatic carbocycles. The molecule has 19 heavy (non-hydrogen) atoms. The molecule has 1 saturated carbocycles. The van der Waals surface area contributed by atoms with E-state index in [1.54, 1.807) is 18.9 Å². The van der Waals surface area contributed by atoms with E-state index in [1.807, 2.05) is 6.92 Å². The summed E-state index contributed by atoms with van der Waals surface area (Å²) in [5.41, 5.74) is 0. The lowest BCUT2D eigenvalue weighted by atomic mass is 10.2. The third-order valence-corrected chi connectivity index (χ3v) is 3.57. The van der Waals surface area contributed by atoms with E-state index in [-0.39, 0.29) is 18.6 Å². The van der Waals surface area contributed by atoms with E-state index in [9.17, 15) is 9.59 Å². The first-order valence-electron chi connectivity index (χ1n) is 6.73. The second-order valence-corrected chi connectivity index (χ2v) is 5.19. The average Bonchev–Trinajstić information content (AvgIpc) is 3.19. The van der Waals surface area contributed by atoms with Crippen LogP contribution >= 0.6 is 0 Å². The highest BCUT2D eigenvalue weighted by molar-refractivity contribution is 5.76. The molecule has 2 unspecified atom stereocenters. The first kappa shape index (κ1) is 15.8. The van der Waals surface area contributed by atoms with Gasteiger partial charge in [-0.3, -0.25) is 4.79 Å². The van der Waals surface area contributed by atoms with Crippen molar-refractivity contribution in [3.8, 4) is 0 Å². The van der Waals surface area contributed by atoms with Gasteiger partial charge in [-0.05, 0) is 25.7 Å². The van der Waals surface area contributed by atoms with Crippen LogP contribution in [0, 0.1) is 11.8 Å². The molecule has 0 radical (unpaired) electrons. The predicted molar refractivity (Wildman–Crippen MR) is 71.0 cm³/mol. The van der Waals surface area contributed by atoms with Gasteiger partial charge in [-0.2, -0.15) is 0 Å². The Hall–Kier alpha value is -1.30. The van der Waals surface area contributed by atoms with Crippen molar-refractivity contribution in [3.63, 3.8) is 0 Å². The SMILES string of the molecule is COCCN(C(=O)NCC(C)C(=O)O)C(C)C1CC1. The topological polar surface area (TPSA) is 78.9 Å². The van der Waals surface area contributed by atoms with E-state index in [1.165, 1.54) is 0 Å². The summed E-state index contributed by atoms with van der Waals surface area (Å²) >= 11 is 0. The molecular formula is C13H24N2O4. The highest BCUT2D eigenvalue weighted by Crippen LogP contribution is 2.35. The van der Waals surface area contributed by atoms with Crippen LogP contribution in [-0.4, -0.2) is 54.9 Å². The number of rotatable bonds is 8. The molecule has 0 aromatic heterocycles. The van der Waals surface area contributed by atoms with Crippen molar-refractivity contribution in [2.45, 2.75) is 32.7 Å². The number of aliphatic carboxylic acids is 1. The fraction of sp³-hybridized carbons (Fsp3) is 0.846. The van der Waals surface area contributed by atoms with Gasteiger partial charge in [0.2, 0.25) is 0 Å². The van der Waals surface area contributed by atoms with Crippen molar-refractivity contribution in [2.24, 2.45) is 11.8 Å². The van der Waals surface area contributed by atoms with E-state index in [4.69, 9.17) is 9.84 Å². The lowest BCUT2D eigenvalue weighted by Gasteiger charge is -2.29. The molecule has 1 aliphatic rings. The number of carboxylic acid groups (broad SMARTS) is 1. The third kappa shape index (κ3) is 5.06. The number of urea groups is 1. The molecule has 0 aliphatic heterocycles. The largest absolute Gasteiger partial charge is 0.481 e. The number of carbonyl (C=O) groups excluding carboxylic acids is 1. The Morgan fingerprint density at radius 3 is 2.53 bits per heavy atom. The van der Waals surface area contributed by atoms with Crippen molar-refractivity contribution in [2.75, 3.05) is 26.8 Å². The first-order chi connectivity index (χ1) is 8.97. The minimum Gasteiger partial charge on any atom is -0.481 e. The molecule has 6 nitrogen and oxygen atoms in total. The van der Waals surface area contributed by atoms with Crippen LogP contribution in [-0.2, 0) is 9.53 Å². The molecule has 1 rings (SSSR count). The number of methoxy groups -OCH3 is 1. The summed E-state index contributed by atoms with van der Waals surface area (Å²) in [6.07, 6.45) is 2.31. The van der Waals surface area contributed by atoms with Crippen molar-refractivity contribution in [1.82, 2.24) is 10.2 Å². The molecule has 110 valence electrons. The van der Waals surface area contributed by atoms with Crippen molar-refractivity contribution in [3.05, 3.63) is 0 Å². The number of hydrogen-bond donors (Lipinski definition) is 2. The van der Waals surface area contributed by atoms with Crippen LogP contribution < -0.4 is 5.32 Å². The van der Waals surface area contributed by atoms with E-state index in [0.29, 0.717) is 19.1 Å². The summed E-state index contributed by atoms with van der Waals surface area (Å²) in [7, 11) is 1.60. The van der Waals surface area contributed by atoms with E-state index in [2.05, 4.69) is 5.32 Å². The van der Waals surface area contributed by atoms with Gasteiger partial charge in [0.25, 0.3) is 0 Å². The number of carboxylic acids is 1. The smallest absolute Gasteiger partial charge is 0.317 e. The molecule has 0 saturated heterocycles. The van der Waals surface area contributed by atoms with Gasteiger partial charge >= 0.3 is 12.0 Å². The van der Waals surface area contributed by atoms with Gasteiger partial charge in [0.1, 0.15) is 0 Å².